The van der Waals surface area contributed by atoms with E-state index < -0.39 is 6.49 Å². The molecule has 0 fully saturated rings. The van der Waals surface area contributed by atoms with Gasteiger partial charge in [-0.2, -0.15) is 0 Å². The van der Waals surface area contributed by atoms with Crippen LogP contribution in [0.5, 0.6) is 0 Å². The summed E-state index contributed by atoms with van der Waals surface area (Å²) in [5, 5.41) is 0. The van der Waals surface area contributed by atoms with Gasteiger partial charge in [-0.25, -0.2) is 0 Å². The molecule has 0 unspecified atom stereocenters. The van der Waals surface area contributed by atoms with Gasteiger partial charge in [0.05, 0.1) is 0 Å². The Kier molecular flexibility index (Phi) is 1.72. The Balaban J connectivity index is 3.02. The topological polar surface area (TPSA) is 0 Å². The van der Waals surface area contributed by atoms with Crippen molar-refractivity contribution in [1.29, 1.82) is 0 Å². The molecule has 0 radical (unpaired) electrons. The van der Waals surface area contributed by atoms with Crippen LogP contribution in [-0.2, 0) is 0 Å². The van der Waals surface area contributed by atoms with Crippen LogP contribution in [0.25, 0.3) is 0 Å². The molecule has 0 saturated carbocycles. The Morgan fingerprint density at radius 2 is 1.60 bits per heavy atom. The summed E-state index contributed by atoms with van der Waals surface area (Å²) in [7, 11) is 0.481. The van der Waals surface area contributed by atoms with Crippen LogP contribution in [-0.4, -0.2) is 20.9 Å². The summed E-state index contributed by atoms with van der Waals surface area (Å²) >= 11 is 5.75. The van der Waals surface area contributed by atoms with Crippen molar-refractivity contribution in [2.75, 3.05) is 13.3 Å². The Labute approximate surface area is 39.4 Å². The molecule has 0 aliphatic carbocycles. The van der Waals surface area contributed by atoms with Gasteiger partial charge >= 0.3 is 0 Å². The summed E-state index contributed by atoms with van der Waals surface area (Å²) in [6.07, 6.45) is 0. The molecule has 0 aromatic carbocycles. The van der Waals surface area contributed by atoms with Crippen LogP contribution < -0.4 is 0 Å². The van der Waals surface area contributed by atoms with E-state index in [1.54, 1.807) is 0 Å². The molecule has 0 aliphatic rings. The number of hydrogen-bond donors (Lipinski definition) is 0. The first kappa shape index (κ1) is 5.78. The average Bonchev–Trinajstić information content (AvgIpc) is 0.722. The number of halogens is 1. The van der Waals surface area contributed by atoms with Crippen LogP contribution in [0.15, 0.2) is 0 Å². The smallest absolute Gasteiger partial charge is 0.0653 e. The molecule has 0 nitrogen and oxygen atoms in total. The minimum Gasteiger partial charge on any atom is -0.0653 e. The van der Waals surface area contributed by atoms with Crippen molar-refractivity contribution in [2.24, 2.45) is 0 Å². The van der Waals surface area contributed by atoms with Crippen molar-refractivity contribution in [3.63, 3.8) is 0 Å². The number of hydrogen-bond acceptors (Lipinski definition) is 0. The monoisotopic (exact) mass is 110 g/mol. The SMILES string of the molecule is [BH3-][P+](C)(C)Cl. The van der Waals surface area contributed by atoms with E-state index >= 15 is 0 Å². The largest absolute Gasteiger partial charge is 0.145 e. The molecule has 0 aromatic rings. The highest BCUT2D eigenvalue weighted by Gasteiger charge is 2.00. The minimum atomic E-state index is -0.667. The fraction of sp³-hybridized carbons (Fsp3) is 1.00. The predicted octanol–water partition coefficient (Wildman–Crippen LogP) is 0.698. The van der Waals surface area contributed by atoms with Crippen LogP contribution in [0.2, 0.25) is 0 Å². The van der Waals surface area contributed by atoms with Crippen molar-refractivity contribution in [1.82, 2.24) is 0 Å². The molecular weight excluding hydrogens is 101 g/mol. The lowest BCUT2D eigenvalue weighted by atomic mass is 10.8. The van der Waals surface area contributed by atoms with Gasteiger partial charge in [0.2, 0.25) is 0 Å². The summed E-state index contributed by atoms with van der Waals surface area (Å²) in [5.41, 5.74) is 0. The third-order valence-corrected chi connectivity index (χ3v) is 0. The second kappa shape index (κ2) is 1.49. The zero-order valence-electron chi connectivity index (χ0n) is 2.83. The second-order valence-electron chi connectivity index (χ2n) is 0.785. The second-order valence-corrected chi connectivity index (χ2v) is 4.38. The third-order valence-electron chi connectivity index (χ3n) is 0. The standard InChI is InChI=1S/C2H9BClP/c1-5(2,3)4/h1-3H3. The van der Waals surface area contributed by atoms with Crippen molar-refractivity contribution < 1.29 is 0 Å². The van der Waals surface area contributed by atoms with Crippen LogP contribution in [0.3, 0.4) is 0 Å². The average molecular weight is 110 g/mol. The van der Waals surface area contributed by atoms with Gasteiger partial charge in [0.25, 0.3) is 0 Å². The molecule has 0 atom stereocenters. The molecule has 0 heterocycles. The molecule has 0 bridgehead atoms. The Morgan fingerprint density at radius 3 is 1.60 bits per heavy atom. The van der Waals surface area contributed by atoms with Gasteiger partial charge in [-0.3, -0.25) is 0 Å². The van der Waals surface area contributed by atoms with Gasteiger partial charge in [0.15, 0.2) is 0 Å². The Bertz CT molecular complexity index is 25.1. The van der Waals surface area contributed by atoms with E-state index in [0.29, 0.717) is 7.57 Å². The molecule has 5 heavy (non-hydrogen) atoms. The predicted molar refractivity (Wildman–Crippen MR) is 34.6 cm³/mol. The first-order valence-electron chi connectivity index (χ1n) is 1.06. The zero-order valence-corrected chi connectivity index (χ0v) is 4.48. The lowest BCUT2D eigenvalue weighted by Gasteiger charge is -2.00. The molecule has 0 aliphatic heterocycles. The van der Waals surface area contributed by atoms with Gasteiger partial charge in [-0.15, -0.1) is 0 Å². The molecule has 0 N–H and O–H groups in total. The fourth-order valence-electron chi connectivity index (χ4n) is 0. The molecule has 3 heteroatoms. The van der Waals surface area contributed by atoms with Crippen molar-refractivity contribution in [3.8, 4) is 0 Å². The van der Waals surface area contributed by atoms with E-state index in [1.807, 2.05) is 0 Å². The van der Waals surface area contributed by atoms with Crippen molar-refractivity contribution in [2.45, 2.75) is 0 Å². The fourth-order valence-corrected chi connectivity index (χ4v) is 0. The van der Waals surface area contributed by atoms with Gasteiger partial charge in [0.1, 0.15) is 7.57 Å². The Hall–Kier alpha value is 0.785. The lowest BCUT2D eigenvalue weighted by Crippen LogP contribution is -1.68. The summed E-state index contributed by atoms with van der Waals surface area (Å²) in [5.74, 6) is 0. The molecule has 0 amide bonds. The van der Waals surface area contributed by atoms with Gasteiger partial charge in [0, 0.05) is 24.6 Å². The highest BCUT2D eigenvalue weighted by atomic mass is 35.7. The molecule has 0 rings (SSSR count). The van der Waals surface area contributed by atoms with Gasteiger partial charge in [-0.1, -0.05) is 6.49 Å². The molecular formula is C2H9BClP. The zero-order chi connectivity index (χ0) is 4.50. The number of rotatable bonds is 0. The van der Waals surface area contributed by atoms with Crippen LogP contribution in [0.1, 0.15) is 0 Å². The van der Waals surface area contributed by atoms with E-state index in [1.165, 1.54) is 0 Å². The lowest BCUT2D eigenvalue weighted by molar-refractivity contribution is 2.27. The Morgan fingerprint density at radius 1 is 1.60 bits per heavy atom. The van der Waals surface area contributed by atoms with Gasteiger partial charge in [-0.05, 0) is 0 Å². The van der Waals surface area contributed by atoms with Crippen LogP contribution in [0, 0.1) is 0 Å². The quantitative estimate of drug-likeness (QED) is 0.318. The molecule has 0 spiro atoms. The maximum absolute atomic E-state index is 5.75. The van der Waals surface area contributed by atoms with Crippen molar-refractivity contribution >= 4 is 25.3 Å². The first-order chi connectivity index (χ1) is 2.00. The third kappa shape index (κ3) is 60.2. The van der Waals surface area contributed by atoms with E-state index in [-0.39, 0.29) is 0 Å². The first-order valence-corrected chi connectivity index (χ1v) is 4.20. The highest BCUT2D eigenvalue weighted by molar-refractivity contribution is 8.15. The maximum atomic E-state index is 5.75. The summed E-state index contributed by atoms with van der Waals surface area (Å²) in [6, 6.07) is 0. The summed E-state index contributed by atoms with van der Waals surface area (Å²) in [4.78, 5) is 0. The maximum Gasteiger partial charge on any atom is 0.145 e. The van der Waals surface area contributed by atoms with E-state index in [2.05, 4.69) is 13.3 Å². The summed E-state index contributed by atoms with van der Waals surface area (Å²) in [6.45, 7) is 3.68. The van der Waals surface area contributed by atoms with E-state index in [9.17, 15) is 0 Å². The molecule has 32 valence electrons. The van der Waals surface area contributed by atoms with Gasteiger partial charge < -0.3 is 0 Å². The summed E-state index contributed by atoms with van der Waals surface area (Å²) < 4.78 is 0. The molecule has 0 saturated heterocycles. The van der Waals surface area contributed by atoms with E-state index in [4.69, 9.17) is 11.2 Å². The van der Waals surface area contributed by atoms with Crippen molar-refractivity contribution in [3.05, 3.63) is 0 Å². The normalized spacial score (nSPS) is 12.0. The minimum absolute atomic E-state index is 0.481. The van der Waals surface area contributed by atoms with Crippen LogP contribution >= 0.6 is 17.7 Å². The van der Waals surface area contributed by atoms with Crippen LogP contribution in [0.4, 0.5) is 0 Å². The van der Waals surface area contributed by atoms with E-state index in [0.717, 1.165) is 0 Å². The molecule has 0 aromatic heterocycles. The highest BCUT2D eigenvalue weighted by Crippen LogP contribution is 2.50.